The lowest BCUT2D eigenvalue weighted by molar-refractivity contribution is 0.0801. The number of hydrogen-bond donors (Lipinski definition) is 1. The van der Waals surface area contributed by atoms with Crippen molar-refractivity contribution in [3.05, 3.63) is 108 Å². The molecule has 97 heavy (non-hydrogen) atoms. The Labute approximate surface area is 580 Å². The highest BCUT2D eigenvalue weighted by Crippen LogP contribution is 2.45. The molecule has 2 aromatic carbocycles. The SMILES string of the molecule is C.C.C1COCCN1.CC1(OC2=CC3C(c4cc(N5CCOCC5)ncn4)=NCC3C=C2)CC1.CC1(Oc2ccc3nn(COCC[Si](C)(C)C)c(-c4cc(Cl)ncn4)c3c2)CC1.CC1(Oc2ccc3nn(COCC[Si](C)(C)C)c(-c4cc(N5CCOCC5)ncn4)c3c2)CC1. The smallest absolute Gasteiger partial charge is 0.140 e. The zero-order valence-electron chi connectivity index (χ0n) is 57.0. The van der Waals surface area contributed by atoms with Crippen molar-refractivity contribution >= 4 is 66.9 Å². The van der Waals surface area contributed by atoms with Crippen LogP contribution >= 0.6 is 11.6 Å². The summed E-state index contributed by atoms with van der Waals surface area (Å²) < 4.78 is 50.4. The van der Waals surface area contributed by atoms with Gasteiger partial charge in [-0.05, 0) is 120 Å². The van der Waals surface area contributed by atoms with Crippen molar-refractivity contribution in [3.63, 3.8) is 0 Å². The number of aliphatic imine (C=N–C) groups is 1. The molecule has 524 valence electrons. The lowest BCUT2D eigenvalue weighted by atomic mass is 9.86. The third kappa shape index (κ3) is 20.2. The van der Waals surface area contributed by atoms with Crippen molar-refractivity contribution in [1.82, 2.24) is 54.8 Å². The standard InChI is InChI=1S/C25H35N5O3Si.C21H27ClN4O2Si.C20H24N4O2.C4H9NO.2CH4/c1-25(7-8-25)33-19-5-6-21-20(15-19)24(30(28-21)18-32-13-14-34(2,3)4)22-16-23(27-17-26-22)29-9-11-31-12-10-29;1-21(7-8-21)28-15-5-6-17-16(11-15)20(18-12-19(22)24-13-23-18)26(25-17)14-27-9-10-29(2,3)4;1-20(4-5-20)26-15-3-2-14-12-21-19(16(14)10-15)17-11-18(23-13-22-17)24-6-8-25-9-7-24;1-3-6-4-2-5-1;;/h5-6,15-17H,7-14,18H2,1-4H3;5-6,11-13H,7-10,14H2,1-4H3;2-3,10-11,13-14,16H,4-9,12H2,1H3;5H,1-4H2;2*1H4. The highest BCUT2D eigenvalue weighted by molar-refractivity contribution is 6.76. The van der Waals surface area contributed by atoms with E-state index in [0.717, 1.165) is 221 Å². The lowest BCUT2D eigenvalue weighted by Gasteiger charge is -2.28. The topological polar surface area (TPSA) is 218 Å². The second-order valence-electron chi connectivity index (χ2n) is 29.1. The van der Waals surface area contributed by atoms with Crippen LogP contribution in [-0.2, 0) is 41.9 Å². The highest BCUT2D eigenvalue weighted by Gasteiger charge is 2.43. The van der Waals surface area contributed by atoms with Gasteiger partial charge >= 0.3 is 0 Å². The van der Waals surface area contributed by atoms with E-state index < -0.39 is 16.1 Å². The maximum atomic E-state index is 6.26. The van der Waals surface area contributed by atoms with Gasteiger partial charge in [0.1, 0.15) is 83.3 Å². The summed E-state index contributed by atoms with van der Waals surface area (Å²) in [4.78, 5) is 35.9. The number of aromatic nitrogens is 10. The number of hydrogen-bond acceptors (Lipinski definition) is 20. The van der Waals surface area contributed by atoms with Crippen LogP contribution in [0, 0.1) is 11.8 Å². The number of nitrogens with one attached hydrogen (secondary N) is 1. The van der Waals surface area contributed by atoms with Crippen LogP contribution in [-0.4, -0.2) is 187 Å². The van der Waals surface area contributed by atoms with E-state index in [-0.39, 0.29) is 37.6 Å². The van der Waals surface area contributed by atoms with E-state index in [0.29, 0.717) is 37.7 Å². The van der Waals surface area contributed by atoms with Crippen LogP contribution in [0.4, 0.5) is 11.6 Å². The van der Waals surface area contributed by atoms with E-state index in [1.807, 2.05) is 39.7 Å². The van der Waals surface area contributed by atoms with Gasteiger partial charge in [0.2, 0.25) is 0 Å². The average molecular weight is 1380 g/mol. The predicted molar refractivity (Wildman–Crippen MR) is 391 cm³/mol. The summed E-state index contributed by atoms with van der Waals surface area (Å²) in [5, 5.41) is 15.2. The largest absolute Gasteiger partial charge is 0.488 e. The molecular weight excluding hydrogens is 1280 g/mol. The Morgan fingerprint density at radius 3 is 1.46 bits per heavy atom. The van der Waals surface area contributed by atoms with Crippen molar-refractivity contribution in [1.29, 1.82) is 0 Å². The molecule has 25 heteroatoms. The molecule has 7 aromatic rings. The summed E-state index contributed by atoms with van der Waals surface area (Å²) in [5.41, 5.74) is 7.08. The normalized spacial score (nSPS) is 20.2. The third-order valence-electron chi connectivity index (χ3n) is 18.1. The molecule has 0 spiro atoms. The van der Waals surface area contributed by atoms with Crippen LogP contribution in [0.3, 0.4) is 0 Å². The minimum absolute atomic E-state index is 0. The molecular formula is C72H103ClN14O8Si2. The molecule has 5 aromatic heterocycles. The Morgan fingerprint density at radius 2 is 1.01 bits per heavy atom. The van der Waals surface area contributed by atoms with Crippen LogP contribution in [0.25, 0.3) is 44.6 Å². The molecule has 3 saturated heterocycles. The first-order valence-corrected chi connectivity index (χ1v) is 41.8. The molecule has 4 aliphatic carbocycles. The van der Waals surface area contributed by atoms with Crippen LogP contribution in [0.15, 0.2) is 103 Å². The zero-order chi connectivity index (χ0) is 66.2. The van der Waals surface area contributed by atoms with Gasteiger partial charge in [-0.2, -0.15) is 10.2 Å². The molecule has 22 nitrogen and oxygen atoms in total. The number of allylic oxidation sites excluding steroid dienone is 2. The number of ether oxygens (including phenoxy) is 8. The van der Waals surface area contributed by atoms with Gasteiger partial charge in [0.15, 0.2) is 0 Å². The molecule has 9 heterocycles. The van der Waals surface area contributed by atoms with Gasteiger partial charge < -0.3 is 53.0 Å². The first kappa shape index (κ1) is 73.0. The summed E-state index contributed by atoms with van der Waals surface area (Å²) >= 11 is 6.14. The number of anilines is 2. The number of fused-ring (bicyclic) bond motifs is 3. The Morgan fingerprint density at radius 1 is 0.557 bits per heavy atom. The Balaban J connectivity index is 0.000000151. The monoisotopic (exact) mass is 1380 g/mol. The van der Waals surface area contributed by atoms with E-state index in [4.69, 9.17) is 64.7 Å². The van der Waals surface area contributed by atoms with Gasteiger partial charge in [-0.1, -0.05) is 71.8 Å². The van der Waals surface area contributed by atoms with E-state index in [2.05, 4.69) is 142 Å². The lowest BCUT2D eigenvalue weighted by Crippen LogP contribution is -2.37. The van der Waals surface area contributed by atoms with E-state index in [1.165, 1.54) is 6.33 Å². The van der Waals surface area contributed by atoms with E-state index >= 15 is 0 Å². The maximum Gasteiger partial charge on any atom is 0.140 e. The third-order valence-corrected chi connectivity index (χ3v) is 21.7. The van der Waals surface area contributed by atoms with Gasteiger partial charge in [-0.25, -0.2) is 39.3 Å². The second-order valence-corrected chi connectivity index (χ2v) is 40.7. The van der Waals surface area contributed by atoms with Crippen molar-refractivity contribution in [3.8, 4) is 34.3 Å². The quantitative estimate of drug-likeness (QED) is 0.0402. The second kappa shape index (κ2) is 32.1. The van der Waals surface area contributed by atoms with Crippen molar-refractivity contribution in [2.24, 2.45) is 16.8 Å². The summed E-state index contributed by atoms with van der Waals surface area (Å²) in [6, 6.07) is 20.2. The number of benzene rings is 2. The molecule has 8 aliphatic rings. The Hall–Kier alpha value is -6.75. The number of rotatable bonds is 21. The number of morpholine rings is 3. The molecule has 1 N–H and O–H groups in total. The van der Waals surface area contributed by atoms with Crippen molar-refractivity contribution in [2.45, 2.75) is 156 Å². The molecule has 2 atom stereocenters. The first-order valence-electron chi connectivity index (χ1n) is 34.0. The molecule has 4 aliphatic heterocycles. The van der Waals surface area contributed by atoms with Crippen LogP contribution in [0.2, 0.25) is 56.5 Å². The van der Waals surface area contributed by atoms with E-state index in [9.17, 15) is 0 Å². The average Bonchev–Trinajstić information content (AvgIpc) is 1.65. The van der Waals surface area contributed by atoms with Crippen LogP contribution in [0.1, 0.15) is 79.8 Å². The van der Waals surface area contributed by atoms with Crippen LogP contribution < -0.4 is 24.6 Å². The molecule has 3 saturated carbocycles. The van der Waals surface area contributed by atoms with Gasteiger partial charge in [0.05, 0.1) is 84.9 Å². The highest BCUT2D eigenvalue weighted by atomic mass is 35.5. The minimum atomic E-state index is -1.16. The Kier molecular flexibility index (Phi) is 24.1. The maximum absolute atomic E-state index is 6.26. The predicted octanol–water partition coefficient (Wildman–Crippen LogP) is 13.2. The molecule has 0 amide bonds. The van der Waals surface area contributed by atoms with Gasteiger partial charge in [0.25, 0.3) is 0 Å². The zero-order valence-corrected chi connectivity index (χ0v) is 59.7. The summed E-state index contributed by atoms with van der Waals surface area (Å²) in [6.45, 7) is 33.8. The summed E-state index contributed by atoms with van der Waals surface area (Å²) in [6.07, 6.45) is 18.0. The molecule has 6 fully saturated rings. The molecule has 15 rings (SSSR count). The molecule has 0 bridgehead atoms. The van der Waals surface area contributed by atoms with Crippen molar-refractivity contribution in [2.75, 3.05) is 108 Å². The molecule has 2 unspecified atom stereocenters. The van der Waals surface area contributed by atoms with E-state index in [1.54, 1.807) is 18.7 Å². The fourth-order valence-corrected chi connectivity index (χ4v) is 13.1. The first-order chi connectivity index (χ1) is 45.7. The van der Waals surface area contributed by atoms with Gasteiger partial charge in [-0.3, -0.25) is 4.99 Å². The minimum Gasteiger partial charge on any atom is -0.488 e. The van der Waals surface area contributed by atoms with Gasteiger partial charge in [0, 0.05) is 116 Å². The van der Waals surface area contributed by atoms with Crippen LogP contribution in [0.5, 0.6) is 11.5 Å². The van der Waals surface area contributed by atoms with Crippen molar-refractivity contribution < 1.29 is 37.9 Å². The summed E-state index contributed by atoms with van der Waals surface area (Å²) in [5.74, 6) is 5.21. The van der Waals surface area contributed by atoms with Gasteiger partial charge in [-0.15, -0.1) is 0 Å². The summed E-state index contributed by atoms with van der Waals surface area (Å²) in [7, 11) is -2.31. The fourth-order valence-electron chi connectivity index (χ4n) is 11.5. The number of nitrogens with zero attached hydrogens (tertiary/aromatic N) is 13. The fraction of sp³-hybridized carbons (Fsp3) is 0.569. The molecule has 0 radical (unpaired) electrons. The number of halogens is 1. The Bertz CT molecular complexity index is 3830.